The molecule has 0 aliphatic heterocycles. The third kappa shape index (κ3) is 4.01. The molecule has 0 radical (unpaired) electrons. The lowest BCUT2D eigenvalue weighted by molar-refractivity contribution is -0.144. The van der Waals surface area contributed by atoms with Crippen molar-refractivity contribution in [2.24, 2.45) is 0 Å². The summed E-state index contributed by atoms with van der Waals surface area (Å²) >= 11 is 0. The van der Waals surface area contributed by atoms with E-state index in [1.807, 2.05) is 0 Å². The van der Waals surface area contributed by atoms with Gasteiger partial charge >= 0.3 is 5.97 Å². The summed E-state index contributed by atoms with van der Waals surface area (Å²) in [5.41, 5.74) is 0.497. The van der Waals surface area contributed by atoms with Crippen molar-refractivity contribution in [2.75, 3.05) is 7.11 Å². The summed E-state index contributed by atoms with van der Waals surface area (Å²) in [5, 5.41) is 2.40. The third-order valence-corrected chi connectivity index (χ3v) is 2.35. The molecular formula is C13H15NO4. The highest BCUT2D eigenvalue weighted by atomic mass is 16.5. The fraction of sp³-hybridized carbons (Fsp3) is 0.308. The highest BCUT2D eigenvalue weighted by Gasteiger charge is 2.23. The minimum atomic E-state index is -0.944. The smallest absolute Gasteiger partial charge is 0.328 e. The van der Waals surface area contributed by atoms with Crippen molar-refractivity contribution in [3.8, 4) is 0 Å². The molecule has 0 fully saturated rings. The molecule has 0 spiro atoms. The van der Waals surface area contributed by atoms with Crippen molar-refractivity contribution in [2.45, 2.75) is 19.4 Å². The van der Waals surface area contributed by atoms with Gasteiger partial charge in [0.15, 0.2) is 5.78 Å². The van der Waals surface area contributed by atoms with Crippen molar-refractivity contribution < 1.29 is 19.1 Å². The van der Waals surface area contributed by atoms with Gasteiger partial charge in [-0.25, -0.2) is 4.79 Å². The Morgan fingerprint density at radius 2 is 1.83 bits per heavy atom. The molecule has 5 heteroatoms. The number of nitrogens with one attached hydrogen (secondary N) is 1. The van der Waals surface area contributed by atoms with E-state index in [9.17, 15) is 14.4 Å². The number of ketones is 1. The Balaban J connectivity index is 2.74. The second-order valence-electron chi connectivity index (χ2n) is 3.77. The van der Waals surface area contributed by atoms with Gasteiger partial charge in [-0.05, 0) is 0 Å². The number of carbonyl (C=O) groups excluding carboxylic acids is 3. The SMILES string of the molecule is COC(=O)[C@H](CC(=O)c1ccccc1)NC(C)=O. The Morgan fingerprint density at radius 1 is 1.22 bits per heavy atom. The van der Waals surface area contributed by atoms with E-state index in [2.05, 4.69) is 10.1 Å². The van der Waals surface area contributed by atoms with Crippen LogP contribution in [0.25, 0.3) is 0 Å². The van der Waals surface area contributed by atoms with E-state index in [-0.39, 0.29) is 18.1 Å². The largest absolute Gasteiger partial charge is 0.467 e. The number of ether oxygens (including phenoxy) is 1. The lowest BCUT2D eigenvalue weighted by Gasteiger charge is -2.14. The van der Waals surface area contributed by atoms with Gasteiger partial charge in [0, 0.05) is 18.9 Å². The number of amides is 1. The first-order chi connectivity index (χ1) is 8.54. The van der Waals surface area contributed by atoms with E-state index < -0.39 is 12.0 Å². The standard InChI is InChI=1S/C13H15NO4/c1-9(15)14-11(13(17)18-2)8-12(16)10-6-4-3-5-7-10/h3-7,11H,8H2,1-2H3,(H,14,15)/t11-/m0/s1. The third-order valence-electron chi connectivity index (χ3n) is 2.35. The number of Topliss-reactive ketones (excluding diaryl/α,β-unsaturated/α-hetero) is 1. The second-order valence-corrected chi connectivity index (χ2v) is 3.77. The van der Waals surface area contributed by atoms with Gasteiger partial charge in [0.05, 0.1) is 7.11 Å². The second kappa shape index (κ2) is 6.54. The molecule has 1 amide bonds. The summed E-state index contributed by atoms with van der Waals surface area (Å²) < 4.78 is 4.54. The molecule has 1 atom stereocenters. The molecule has 1 aromatic rings. The van der Waals surface area contributed by atoms with Crippen molar-refractivity contribution in [1.82, 2.24) is 5.32 Å². The van der Waals surface area contributed by atoms with E-state index in [0.29, 0.717) is 5.56 Å². The lowest BCUT2D eigenvalue weighted by atomic mass is 10.0. The lowest BCUT2D eigenvalue weighted by Crippen LogP contribution is -2.41. The van der Waals surface area contributed by atoms with Gasteiger partial charge in [0.2, 0.25) is 5.91 Å². The maximum absolute atomic E-state index is 11.9. The van der Waals surface area contributed by atoms with Crippen LogP contribution >= 0.6 is 0 Å². The van der Waals surface area contributed by atoms with E-state index in [1.165, 1.54) is 14.0 Å². The summed E-state index contributed by atoms with van der Waals surface area (Å²) in [7, 11) is 1.21. The normalized spacial score (nSPS) is 11.4. The zero-order valence-electron chi connectivity index (χ0n) is 10.3. The molecule has 0 aromatic heterocycles. The summed E-state index contributed by atoms with van der Waals surface area (Å²) in [5.74, 6) is -1.24. The summed E-state index contributed by atoms with van der Waals surface area (Å²) in [6.07, 6.45) is -0.115. The molecule has 0 aliphatic carbocycles. The van der Waals surface area contributed by atoms with Crippen molar-refractivity contribution in [3.05, 3.63) is 35.9 Å². The van der Waals surface area contributed by atoms with Gasteiger partial charge in [-0.1, -0.05) is 30.3 Å². The Morgan fingerprint density at radius 3 is 2.33 bits per heavy atom. The zero-order valence-corrected chi connectivity index (χ0v) is 10.3. The van der Waals surface area contributed by atoms with Crippen LogP contribution in [0, 0.1) is 0 Å². The molecule has 18 heavy (non-hydrogen) atoms. The van der Waals surface area contributed by atoms with Gasteiger partial charge in [0.1, 0.15) is 6.04 Å². The Labute approximate surface area is 105 Å². The van der Waals surface area contributed by atoms with E-state index in [1.54, 1.807) is 30.3 Å². The molecular weight excluding hydrogens is 234 g/mol. The Bertz CT molecular complexity index is 442. The molecule has 0 unspecified atom stereocenters. The molecule has 0 saturated carbocycles. The number of benzene rings is 1. The first-order valence-corrected chi connectivity index (χ1v) is 5.47. The van der Waals surface area contributed by atoms with Gasteiger partial charge in [-0.15, -0.1) is 0 Å². The molecule has 0 heterocycles. The molecule has 0 saturated heterocycles. The number of carbonyl (C=O) groups is 3. The maximum Gasteiger partial charge on any atom is 0.328 e. The molecule has 5 nitrogen and oxygen atoms in total. The van der Waals surface area contributed by atoms with Crippen molar-refractivity contribution >= 4 is 17.7 Å². The summed E-state index contributed by atoms with van der Waals surface area (Å²) in [6, 6.07) is 7.63. The highest BCUT2D eigenvalue weighted by molar-refractivity contribution is 5.99. The van der Waals surface area contributed by atoms with Crippen LogP contribution < -0.4 is 5.32 Å². The van der Waals surface area contributed by atoms with Crippen molar-refractivity contribution in [1.29, 1.82) is 0 Å². The van der Waals surface area contributed by atoms with E-state index >= 15 is 0 Å². The predicted octanol–water partition coefficient (Wildman–Crippen LogP) is 0.937. The fourth-order valence-corrected chi connectivity index (χ4v) is 1.51. The first kappa shape index (κ1) is 13.9. The number of methoxy groups -OCH3 is 1. The van der Waals surface area contributed by atoms with Crippen LogP contribution in [-0.2, 0) is 14.3 Å². The topological polar surface area (TPSA) is 72.5 Å². The van der Waals surface area contributed by atoms with Crippen LogP contribution in [0.3, 0.4) is 0 Å². The first-order valence-electron chi connectivity index (χ1n) is 5.47. The van der Waals surface area contributed by atoms with Crippen LogP contribution in [0.2, 0.25) is 0 Å². The number of rotatable bonds is 5. The van der Waals surface area contributed by atoms with Crippen LogP contribution in [0.15, 0.2) is 30.3 Å². The van der Waals surface area contributed by atoms with E-state index in [4.69, 9.17) is 0 Å². The van der Waals surface area contributed by atoms with Crippen LogP contribution in [0.1, 0.15) is 23.7 Å². The molecule has 1 aromatic carbocycles. The average Bonchev–Trinajstić information content (AvgIpc) is 2.37. The van der Waals surface area contributed by atoms with Crippen LogP contribution in [0.4, 0.5) is 0 Å². The van der Waals surface area contributed by atoms with E-state index in [0.717, 1.165) is 0 Å². The Kier molecular flexibility index (Phi) is 5.05. The van der Waals surface area contributed by atoms with Gasteiger partial charge in [-0.2, -0.15) is 0 Å². The molecule has 96 valence electrons. The maximum atomic E-state index is 11.9. The van der Waals surface area contributed by atoms with Gasteiger partial charge in [-0.3, -0.25) is 9.59 Å². The Hall–Kier alpha value is -2.17. The quantitative estimate of drug-likeness (QED) is 0.622. The highest BCUT2D eigenvalue weighted by Crippen LogP contribution is 2.06. The number of hydrogen-bond donors (Lipinski definition) is 1. The summed E-state index contributed by atoms with van der Waals surface area (Å²) in [4.78, 5) is 34.3. The molecule has 0 bridgehead atoms. The predicted molar refractivity (Wildman–Crippen MR) is 65.0 cm³/mol. The molecule has 1 N–H and O–H groups in total. The van der Waals surface area contributed by atoms with Crippen LogP contribution in [-0.4, -0.2) is 30.8 Å². The zero-order chi connectivity index (χ0) is 13.5. The molecule has 1 rings (SSSR count). The number of hydrogen-bond acceptors (Lipinski definition) is 4. The number of esters is 1. The minimum absolute atomic E-state index is 0.115. The monoisotopic (exact) mass is 249 g/mol. The average molecular weight is 249 g/mol. The summed E-state index contributed by atoms with van der Waals surface area (Å²) in [6.45, 7) is 1.28. The van der Waals surface area contributed by atoms with Crippen LogP contribution in [0.5, 0.6) is 0 Å². The van der Waals surface area contributed by atoms with Gasteiger partial charge in [0.25, 0.3) is 0 Å². The molecule has 0 aliphatic rings. The fourth-order valence-electron chi connectivity index (χ4n) is 1.51. The van der Waals surface area contributed by atoms with Crippen molar-refractivity contribution in [3.63, 3.8) is 0 Å². The van der Waals surface area contributed by atoms with Gasteiger partial charge < -0.3 is 10.1 Å². The minimum Gasteiger partial charge on any atom is -0.467 e.